The fraction of sp³-hybridized carbons (Fsp3) is 0.455. The molecule has 1 atom stereocenters. The van der Waals surface area contributed by atoms with E-state index < -0.39 is 0 Å². The van der Waals surface area contributed by atoms with E-state index in [1.165, 1.54) is 7.11 Å². The molecule has 0 aliphatic heterocycles. The van der Waals surface area contributed by atoms with E-state index in [1.54, 1.807) is 0 Å². The highest BCUT2D eigenvalue weighted by atomic mass is 16.5. The van der Waals surface area contributed by atoms with Crippen molar-refractivity contribution in [3.8, 4) is 0 Å². The topological polar surface area (TPSA) is 39.2 Å². The molecule has 0 fully saturated rings. The van der Waals surface area contributed by atoms with Gasteiger partial charge in [-0.1, -0.05) is 0 Å². The molecule has 14 heavy (non-hydrogen) atoms. The Morgan fingerprint density at radius 2 is 1.86 bits per heavy atom. The van der Waals surface area contributed by atoms with Gasteiger partial charge in [0.25, 0.3) is 0 Å². The molecule has 76 valence electrons. The first-order chi connectivity index (χ1) is 6.54. The smallest absolute Gasteiger partial charge is 0.312 e. The molecule has 0 radical (unpaired) electrons. The van der Waals surface area contributed by atoms with E-state index in [0.717, 1.165) is 17.0 Å². The zero-order valence-electron chi connectivity index (χ0n) is 9.00. The van der Waals surface area contributed by atoms with E-state index in [0.29, 0.717) is 0 Å². The van der Waals surface area contributed by atoms with Gasteiger partial charge in [-0.05, 0) is 38.5 Å². The van der Waals surface area contributed by atoms with Gasteiger partial charge in [0.15, 0.2) is 0 Å². The van der Waals surface area contributed by atoms with Crippen molar-refractivity contribution in [1.82, 2.24) is 4.98 Å². The third kappa shape index (κ3) is 2.31. The third-order valence-corrected chi connectivity index (χ3v) is 2.16. The number of pyridine rings is 1. The van der Waals surface area contributed by atoms with Crippen molar-refractivity contribution < 1.29 is 9.53 Å². The summed E-state index contributed by atoms with van der Waals surface area (Å²) >= 11 is 0. The van der Waals surface area contributed by atoms with E-state index in [-0.39, 0.29) is 11.9 Å². The number of carbonyl (C=O) groups excluding carboxylic acids is 1. The molecule has 0 aromatic carbocycles. The second-order valence-electron chi connectivity index (χ2n) is 3.43. The fourth-order valence-corrected chi connectivity index (χ4v) is 1.43. The van der Waals surface area contributed by atoms with Crippen LogP contribution in [0.1, 0.15) is 29.8 Å². The minimum absolute atomic E-state index is 0.213. The van der Waals surface area contributed by atoms with E-state index in [9.17, 15) is 4.79 Å². The average Bonchev–Trinajstić information content (AvgIpc) is 2.14. The van der Waals surface area contributed by atoms with Crippen molar-refractivity contribution >= 4 is 5.97 Å². The van der Waals surface area contributed by atoms with Gasteiger partial charge in [0.1, 0.15) is 0 Å². The van der Waals surface area contributed by atoms with Gasteiger partial charge in [-0.2, -0.15) is 0 Å². The van der Waals surface area contributed by atoms with Crippen molar-refractivity contribution in [3.63, 3.8) is 0 Å². The number of carbonyl (C=O) groups is 1. The SMILES string of the molecule is COC(=O)C(C)c1cc(C)nc(C)c1. The molecule has 1 unspecified atom stereocenters. The van der Waals surface area contributed by atoms with Crippen LogP contribution < -0.4 is 0 Å². The number of ether oxygens (including phenoxy) is 1. The van der Waals surface area contributed by atoms with Crippen molar-refractivity contribution in [3.05, 3.63) is 29.1 Å². The van der Waals surface area contributed by atoms with E-state index in [1.807, 2.05) is 32.9 Å². The van der Waals surface area contributed by atoms with Gasteiger partial charge in [0.2, 0.25) is 0 Å². The number of aromatic nitrogens is 1. The Balaban J connectivity index is 3.00. The first kappa shape index (κ1) is 10.7. The van der Waals surface area contributed by atoms with Crippen LogP contribution in [0.3, 0.4) is 0 Å². The molecule has 0 spiro atoms. The predicted octanol–water partition coefficient (Wildman–Crippen LogP) is 1.97. The number of hydrogen-bond acceptors (Lipinski definition) is 3. The summed E-state index contributed by atoms with van der Waals surface area (Å²) < 4.78 is 4.69. The minimum Gasteiger partial charge on any atom is -0.469 e. The molecule has 0 N–H and O–H groups in total. The lowest BCUT2D eigenvalue weighted by molar-refractivity contribution is -0.141. The van der Waals surface area contributed by atoms with Crippen LogP contribution in [0.2, 0.25) is 0 Å². The van der Waals surface area contributed by atoms with Crippen LogP contribution in [-0.4, -0.2) is 18.1 Å². The molecule has 1 heterocycles. The summed E-state index contributed by atoms with van der Waals surface area (Å²) in [5.74, 6) is -0.435. The summed E-state index contributed by atoms with van der Waals surface area (Å²) in [6.45, 7) is 5.67. The molecule has 0 amide bonds. The summed E-state index contributed by atoms with van der Waals surface area (Å²) in [5.41, 5.74) is 2.81. The van der Waals surface area contributed by atoms with Crippen molar-refractivity contribution in [1.29, 1.82) is 0 Å². The summed E-state index contributed by atoms with van der Waals surface area (Å²) in [5, 5.41) is 0. The molecule has 0 aliphatic rings. The maximum Gasteiger partial charge on any atom is 0.312 e. The molecular formula is C11H15NO2. The first-order valence-electron chi connectivity index (χ1n) is 4.57. The highest BCUT2D eigenvalue weighted by molar-refractivity contribution is 5.77. The lowest BCUT2D eigenvalue weighted by Gasteiger charge is -2.10. The van der Waals surface area contributed by atoms with Crippen molar-refractivity contribution in [2.24, 2.45) is 0 Å². The average molecular weight is 193 g/mol. The summed E-state index contributed by atoms with van der Waals surface area (Å²) in [6, 6.07) is 3.82. The van der Waals surface area contributed by atoms with E-state index in [2.05, 4.69) is 9.72 Å². The molecular weight excluding hydrogens is 178 g/mol. The quantitative estimate of drug-likeness (QED) is 0.674. The van der Waals surface area contributed by atoms with E-state index in [4.69, 9.17) is 0 Å². The van der Waals surface area contributed by atoms with Gasteiger partial charge in [-0.25, -0.2) is 0 Å². The van der Waals surface area contributed by atoms with Crippen LogP contribution in [0.4, 0.5) is 0 Å². The van der Waals surface area contributed by atoms with Gasteiger partial charge >= 0.3 is 5.97 Å². The Kier molecular flexibility index (Phi) is 3.23. The zero-order chi connectivity index (χ0) is 10.7. The Labute approximate surface area is 84.1 Å². The standard InChI is InChI=1S/C11H15NO2/c1-7-5-10(6-8(2)12-7)9(3)11(13)14-4/h5-6,9H,1-4H3. The molecule has 3 heteroatoms. The fourth-order valence-electron chi connectivity index (χ4n) is 1.43. The number of hydrogen-bond donors (Lipinski definition) is 0. The third-order valence-electron chi connectivity index (χ3n) is 2.16. The first-order valence-corrected chi connectivity index (χ1v) is 4.57. The molecule has 1 rings (SSSR count). The molecule has 3 nitrogen and oxygen atoms in total. The van der Waals surface area contributed by atoms with Crippen LogP contribution in [0.5, 0.6) is 0 Å². The Bertz CT molecular complexity index is 327. The van der Waals surface area contributed by atoms with E-state index >= 15 is 0 Å². The van der Waals surface area contributed by atoms with Gasteiger partial charge < -0.3 is 4.74 Å². The van der Waals surface area contributed by atoms with Gasteiger partial charge in [-0.3, -0.25) is 9.78 Å². The van der Waals surface area contributed by atoms with Gasteiger partial charge in [0, 0.05) is 11.4 Å². The number of nitrogens with zero attached hydrogens (tertiary/aromatic N) is 1. The van der Waals surface area contributed by atoms with Crippen molar-refractivity contribution in [2.75, 3.05) is 7.11 Å². The molecule has 0 saturated carbocycles. The second kappa shape index (κ2) is 4.22. The Morgan fingerprint density at radius 3 is 2.29 bits per heavy atom. The van der Waals surface area contributed by atoms with Crippen molar-refractivity contribution in [2.45, 2.75) is 26.7 Å². The lowest BCUT2D eigenvalue weighted by atomic mass is 10.0. The lowest BCUT2D eigenvalue weighted by Crippen LogP contribution is -2.11. The maximum atomic E-state index is 11.3. The number of methoxy groups -OCH3 is 1. The highest BCUT2D eigenvalue weighted by Gasteiger charge is 2.15. The number of esters is 1. The molecule has 0 bridgehead atoms. The number of rotatable bonds is 2. The number of aryl methyl sites for hydroxylation is 2. The second-order valence-corrected chi connectivity index (χ2v) is 3.43. The van der Waals surface area contributed by atoms with Gasteiger partial charge in [0.05, 0.1) is 13.0 Å². The zero-order valence-corrected chi connectivity index (χ0v) is 9.00. The largest absolute Gasteiger partial charge is 0.469 e. The molecule has 1 aromatic rings. The predicted molar refractivity (Wildman–Crippen MR) is 54.1 cm³/mol. The molecule has 0 saturated heterocycles. The highest BCUT2D eigenvalue weighted by Crippen LogP contribution is 2.17. The van der Waals surface area contributed by atoms with Crippen LogP contribution >= 0.6 is 0 Å². The van der Waals surface area contributed by atoms with Gasteiger partial charge in [-0.15, -0.1) is 0 Å². The summed E-state index contributed by atoms with van der Waals surface area (Å²) in [6.07, 6.45) is 0. The van der Waals surface area contributed by atoms with Crippen LogP contribution in [-0.2, 0) is 9.53 Å². The van der Waals surface area contributed by atoms with Crippen LogP contribution in [0.15, 0.2) is 12.1 Å². The summed E-state index contributed by atoms with van der Waals surface area (Å²) in [4.78, 5) is 15.5. The summed E-state index contributed by atoms with van der Waals surface area (Å²) in [7, 11) is 1.40. The normalized spacial score (nSPS) is 12.3. The van der Waals surface area contributed by atoms with Crippen LogP contribution in [0, 0.1) is 13.8 Å². The Hall–Kier alpha value is -1.38. The maximum absolute atomic E-state index is 11.3. The molecule has 0 aliphatic carbocycles. The minimum atomic E-state index is -0.222. The Morgan fingerprint density at radius 1 is 1.36 bits per heavy atom. The monoisotopic (exact) mass is 193 g/mol. The van der Waals surface area contributed by atoms with Crippen LogP contribution in [0.25, 0.3) is 0 Å². The molecule has 1 aromatic heterocycles.